The summed E-state index contributed by atoms with van der Waals surface area (Å²) in [6.07, 6.45) is 4.56. The molecular formula is C9H17N5O. The van der Waals surface area contributed by atoms with Crippen LogP contribution in [0.25, 0.3) is 0 Å². The van der Waals surface area contributed by atoms with E-state index < -0.39 is 0 Å². The molecule has 0 radical (unpaired) electrons. The van der Waals surface area contributed by atoms with Gasteiger partial charge < -0.3 is 11.1 Å². The molecule has 1 amide bonds. The lowest BCUT2D eigenvalue weighted by atomic mass is 10.1. The second-order valence-electron chi connectivity index (χ2n) is 3.39. The van der Waals surface area contributed by atoms with E-state index in [1.54, 1.807) is 17.1 Å². The quantitative estimate of drug-likeness (QED) is 0.665. The summed E-state index contributed by atoms with van der Waals surface area (Å²) in [6.45, 7) is 3.15. The molecule has 3 N–H and O–H groups in total. The molecule has 1 rings (SSSR count). The first kappa shape index (κ1) is 11.6. The second kappa shape index (κ2) is 6.13. The number of rotatable bonds is 6. The van der Waals surface area contributed by atoms with Gasteiger partial charge >= 0.3 is 0 Å². The summed E-state index contributed by atoms with van der Waals surface area (Å²) in [7, 11) is 0. The smallest absolute Gasteiger partial charge is 0.221 e. The molecule has 84 valence electrons. The lowest BCUT2D eigenvalue weighted by Gasteiger charge is -2.08. The summed E-state index contributed by atoms with van der Waals surface area (Å²) in [5, 5.41) is 10.2. The first-order valence-corrected chi connectivity index (χ1v) is 5.08. The molecule has 0 bridgehead atoms. The number of aromatic nitrogens is 3. The highest BCUT2D eigenvalue weighted by atomic mass is 16.1. The minimum atomic E-state index is -0.0450. The molecule has 1 atom stereocenters. The molecule has 1 aromatic heterocycles. The maximum atomic E-state index is 11.3. The van der Waals surface area contributed by atoms with Crippen LogP contribution < -0.4 is 11.1 Å². The minimum absolute atomic E-state index is 0.00975. The monoisotopic (exact) mass is 211 g/mol. The highest BCUT2D eigenvalue weighted by Crippen LogP contribution is 1.92. The van der Waals surface area contributed by atoms with Crippen LogP contribution in [0.4, 0.5) is 0 Å². The Morgan fingerprint density at radius 3 is 3.07 bits per heavy atom. The lowest BCUT2D eigenvalue weighted by molar-refractivity contribution is -0.121. The van der Waals surface area contributed by atoms with Crippen molar-refractivity contribution in [2.45, 2.75) is 32.4 Å². The topological polar surface area (TPSA) is 85.8 Å². The fourth-order valence-corrected chi connectivity index (χ4v) is 1.12. The number of hydrogen-bond acceptors (Lipinski definition) is 4. The summed E-state index contributed by atoms with van der Waals surface area (Å²) in [4.78, 5) is 11.3. The van der Waals surface area contributed by atoms with Crippen LogP contribution in [0, 0.1) is 0 Å². The van der Waals surface area contributed by atoms with Gasteiger partial charge in [0, 0.05) is 25.2 Å². The number of carbonyl (C=O) groups excluding carboxylic acids is 1. The molecule has 0 saturated heterocycles. The first-order valence-electron chi connectivity index (χ1n) is 5.08. The van der Waals surface area contributed by atoms with E-state index in [0.717, 1.165) is 6.42 Å². The first-order chi connectivity index (χ1) is 7.22. The van der Waals surface area contributed by atoms with E-state index in [2.05, 4.69) is 15.6 Å². The maximum Gasteiger partial charge on any atom is 0.221 e. The van der Waals surface area contributed by atoms with Crippen LogP contribution in [0.3, 0.4) is 0 Å². The predicted octanol–water partition coefficient (Wildman–Crippen LogP) is -0.478. The molecule has 1 aromatic rings. The van der Waals surface area contributed by atoms with Crippen molar-refractivity contribution in [1.82, 2.24) is 20.3 Å². The Balaban J connectivity index is 2.12. The van der Waals surface area contributed by atoms with Crippen LogP contribution in [0.2, 0.25) is 0 Å². The minimum Gasteiger partial charge on any atom is -0.354 e. The van der Waals surface area contributed by atoms with Gasteiger partial charge in [-0.15, -0.1) is 5.10 Å². The van der Waals surface area contributed by atoms with Crippen LogP contribution in [-0.2, 0) is 11.3 Å². The van der Waals surface area contributed by atoms with Crippen molar-refractivity contribution < 1.29 is 4.79 Å². The molecule has 0 aliphatic carbocycles. The molecule has 1 unspecified atom stereocenters. The maximum absolute atomic E-state index is 11.3. The number of hydrogen-bond donors (Lipinski definition) is 2. The highest BCUT2D eigenvalue weighted by Gasteiger charge is 2.06. The Kier molecular flexibility index (Phi) is 4.76. The van der Waals surface area contributed by atoms with Crippen LogP contribution >= 0.6 is 0 Å². The van der Waals surface area contributed by atoms with Gasteiger partial charge in [-0.25, -0.2) is 0 Å². The molecule has 15 heavy (non-hydrogen) atoms. The Morgan fingerprint density at radius 2 is 2.47 bits per heavy atom. The van der Waals surface area contributed by atoms with Gasteiger partial charge in [0.05, 0.1) is 12.7 Å². The zero-order valence-corrected chi connectivity index (χ0v) is 8.89. The Morgan fingerprint density at radius 1 is 1.67 bits per heavy atom. The molecule has 6 nitrogen and oxygen atoms in total. The number of nitrogens with two attached hydrogens (primary N) is 1. The van der Waals surface area contributed by atoms with E-state index in [4.69, 9.17) is 5.73 Å². The summed E-state index contributed by atoms with van der Waals surface area (Å²) in [6, 6.07) is -0.0450. The summed E-state index contributed by atoms with van der Waals surface area (Å²) >= 11 is 0. The van der Waals surface area contributed by atoms with Crippen LogP contribution in [-0.4, -0.2) is 33.5 Å². The van der Waals surface area contributed by atoms with E-state index in [-0.39, 0.29) is 11.9 Å². The van der Waals surface area contributed by atoms with E-state index in [1.807, 2.05) is 6.92 Å². The van der Waals surface area contributed by atoms with E-state index in [9.17, 15) is 4.79 Å². The van der Waals surface area contributed by atoms with E-state index in [0.29, 0.717) is 19.5 Å². The van der Waals surface area contributed by atoms with Crippen molar-refractivity contribution in [2.24, 2.45) is 5.73 Å². The molecule has 0 aliphatic rings. The molecule has 0 spiro atoms. The Labute approximate surface area is 88.8 Å². The van der Waals surface area contributed by atoms with Gasteiger partial charge in [-0.1, -0.05) is 12.1 Å². The largest absolute Gasteiger partial charge is 0.354 e. The molecule has 6 heteroatoms. The van der Waals surface area contributed by atoms with Gasteiger partial charge in [-0.2, -0.15) is 0 Å². The van der Waals surface area contributed by atoms with Crippen molar-refractivity contribution in [3.8, 4) is 0 Å². The van der Waals surface area contributed by atoms with Crippen molar-refractivity contribution >= 4 is 5.91 Å². The zero-order chi connectivity index (χ0) is 11.1. The number of amides is 1. The third kappa shape index (κ3) is 4.55. The molecule has 0 saturated carbocycles. The number of nitrogens with zero attached hydrogens (tertiary/aromatic N) is 3. The van der Waals surface area contributed by atoms with Gasteiger partial charge in [0.15, 0.2) is 0 Å². The Bertz CT molecular complexity index is 285. The van der Waals surface area contributed by atoms with E-state index >= 15 is 0 Å². The summed E-state index contributed by atoms with van der Waals surface area (Å²) in [5.74, 6) is -0.00975. The van der Waals surface area contributed by atoms with Crippen LogP contribution in [0.1, 0.15) is 19.8 Å². The fraction of sp³-hybridized carbons (Fsp3) is 0.667. The Hall–Kier alpha value is -1.43. The lowest BCUT2D eigenvalue weighted by Crippen LogP contribution is -2.33. The summed E-state index contributed by atoms with van der Waals surface area (Å²) in [5.41, 5.74) is 5.65. The fourth-order valence-electron chi connectivity index (χ4n) is 1.12. The molecule has 1 heterocycles. The van der Waals surface area contributed by atoms with Gasteiger partial charge in [-0.3, -0.25) is 9.48 Å². The molecule has 0 aliphatic heterocycles. The molecule has 0 fully saturated rings. The predicted molar refractivity (Wildman–Crippen MR) is 55.9 cm³/mol. The van der Waals surface area contributed by atoms with Crippen LogP contribution in [0.15, 0.2) is 12.4 Å². The number of nitrogens with one attached hydrogen (secondary N) is 1. The molecular weight excluding hydrogens is 194 g/mol. The van der Waals surface area contributed by atoms with Crippen molar-refractivity contribution in [3.05, 3.63) is 12.4 Å². The van der Waals surface area contributed by atoms with Crippen molar-refractivity contribution in [3.63, 3.8) is 0 Å². The third-order valence-electron chi connectivity index (χ3n) is 2.11. The highest BCUT2D eigenvalue weighted by molar-refractivity contribution is 5.76. The average molecular weight is 211 g/mol. The van der Waals surface area contributed by atoms with Gasteiger partial charge in [-0.05, 0) is 6.42 Å². The second-order valence-corrected chi connectivity index (χ2v) is 3.39. The third-order valence-corrected chi connectivity index (χ3v) is 2.11. The number of carbonyl (C=O) groups is 1. The summed E-state index contributed by atoms with van der Waals surface area (Å²) < 4.78 is 1.67. The van der Waals surface area contributed by atoms with Gasteiger partial charge in [0.25, 0.3) is 0 Å². The van der Waals surface area contributed by atoms with Crippen molar-refractivity contribution in [2.75, 3.05) is 6.54 Å². The van der Waals surface area contributed by atoms with Crippen LogP contribution in [0.5, 0.6) is 0 Å². The average Bonchev–Trinajstić information content (AvgIpc) is 2.70. The van der Waals surface area contributed by atoms with Crippen molar-refractivity contribution in [1.29, 1.82) is 0 Å². The SMILES string of the molecule is CCC(N)CC(=O)NCCn1ccnn1. The van der Waals surface area contributed by atoms with E-state index in [1.165, 1.54) is 0 Å². The van der Waals surface area contributed by atoms with Gasteiger partial charge in [0.1, 0.15) is 0 Å². The van der Waals surface area contributed by atoms with Gasteiger partial charge in [0.2, 0.25) is 5.91 Å². The molecule has 0 aromatic carbocycles. The standard InChI is InChI=1S/C9H17N5O/c1-2-8(10)7-9(15)11-3-5-14-6-4-12-13-14/h4,6,8H,2-3,5,7,10H2,1H3,(H,11,15). The normalized spacial score (nSPS) is 12.4. The zero-order valence-electron chi connectivity index (χ0n) is 8.89.